The summed E-state index contributed by atoms with van der Waals surface area (Å²) in [6.07, 6.45) is 0.715. The molecule has 0 radical (unpaired) electrons. The average molecular weight is 543 g/mol. The van der Waals surface area contributed by atoms with E-state index in [0.717, 1.165) is 27.1 Å². The number of thiazole rings is 1. The molecule has 39 heavy (non-hydrogen) atoms. The number of carbonyl (C=O) groups excluding carboxylic acids is 2. The number of aliphatic hydroxyl groups is 1. The van der Waals surface area contributed by atoms with Crippen LogP contribution in [0.3, 0.4) is 0 Å². The van der Waals surface area contributed by atoms with Gasteiger partial charge in [-0.3, -0.25) is 14.5 Å². The van der Waals surface area contributed by atoms with E-state index < -0.39 is 17.7 Å². The Labute approximate surface area is 229 Å². The van der Waals surface area contributed by atoms with Crippen molar-refractivity contribution >= 4 is 44.1 Å². The third-order valence-electron chi connectivity index (χ3n) is 7.08. The number of hydrogen-bond donors (Lipinski definition) is 1. The van der Waals surface area contributed by atoms with Gasteiger partial charge in [0.2, 0.25) is 0 Å². The molecule has 2 atom stereocenters. The van der Waals surface area contributed by atoms with Gasteiger partial charge in [0, 0.05) is 12.0 Å². The third kappa shape index (κ3) is 4.10. The second-order valence-electron chi connectivity index (χ2n) is 9.71. The molecule has 2 aliphatic heterocycles. The summed E-state index contributed by atoms with van der Waals surface area (Å²) in [5.74, 6) is -0.112. The zero-order chi connectivity index (χ0) is 27.4. The fourth-order valence-electron chi connectivity index (χ4n) is 5.22. The molecule has 6 rings (SSSR count). The highest BCUT2D eigenvalue weighted by Crippen LogP contribution is 2.46. The summed E-state index contributed by atoms with van der Waals surface area (Å²) in [6.45, 7) is 3.96. The molecule has 0 spiro atoms. The molecule has 0 bridgehead atoms. The lowest BCUT2D eigenvalue weighted by Crippen LogP contribution is -2.29. The minimum Gasteiger partial charge on any atom is -0.507 e. The van der Waals surface area contributed by atoms with Crippen LogP contribution in [0.4, 0.5) is 5.13 Å². The van der Waals surface area contributed by atoms with Crippen molar-refractivity contribution in [2.45, 2.75) is 32.4 Å². The number of hydrogen-bond acceptors (Lipinski definition) is 8. The van der Waals surface area contributed by atoms with Crippen LogP contribution >= 0.6 is 11.3 Å². The predicted molar refractivity (Wildman–Crippen MR) is 149 cm³/mol. The van der Waals surface area contributed by atoms with E-state index in [9.17, 15) is 14.7 Å². The molecule has 1 N–H and O–H groups in total. The highest BCUT2D eigenvalue weighted by molar-refractivity contribution is 7.22. The maximum atomic E-state index is 13.6. The van der Waals surface area contributed by atoms with Crippen molar-refractivity contribution in [2.75, 3.05) is 19.1 Å². The van der Waals surface area contributed by atoms with Gasteiger partial charge in [0.15, 0.2) is 16.6 Å². The summed E-state index contributed by atoms with van der Waals surface area (Å²) < 4.78 is 17.6. The van der Waals surface area contributed by atoms with Crippen LogP contribution in [0.25, 0.3) is 16.0 Å². The molecule has 0 aliphatic carbocycles. The van der Waals surface area contributed by atoms with Crippen LogP contribution in [-0.2, 0) is 16.0 Å². The smallest absolute Gasteiger partial charge is 0.301 e. The van der Waals surface area contributed by atoms with Gasteiger partial charge in [0.05, 0.1) is 36.1 Å². The van der Waals surface area contributed by atoms with E-state index in [2.05, 4.69) is 4.98 Å². The van der Waals surface area contributed by atoms with E-state index >= 15 is 0 Å². The van der Waals surface area contributed by atoms with Crippen LogP contribution in [0, 0.1) is 6.92 Å². The van der Waals surface area contributed by atoms with Gasteiger partial charge in [-0.25, -0.2) is 4.98 Å². The van der Waals surface area contributed by atoms with Gasteiger partial charge in [-0.15, -0.1) is 0 Å². The van der Waals surface area contributed by atoms with Crippen molar-refractivity contribution in [1.82, 2.24) is 4.98 Å². The number of ether oxygens (including phenoxy) is 3. The molecule has 3 heterocycles. The summed E-state index contributed by atoms with van der Waals surface area (Å²) in [4.78, 5) is 33.3. The van der Waals surface area contributed by atoms with Crippen LogP contribution in [0.5, 0.6) is 17.2 Å². The van der Waals surface area contributed by atoms with Crippen LogP contribution in [0.1, 0.15) is 35.2 Å². The van der Waals surface area contributed by atoms with Gasteiger partial charge in [0.1, 0.15) is 17.6 Å². The molecule has 4 aromatic rings. The monoisotopic (exact) mass is 542 g/mol. The van der Waals surface area contributed by atoms with Crippen molar-refractivity contribution in [1.29, 1.82) is 0 Å². The van der Waals surface area contributed by atoms with Crippen LogP contribution < -0.4 is 19.1 Å². The normalized spacial score (nSPS) is 19.8. The Hall–Kier alpha value is -4.37. The van der Waals surface area contributed by atoms with Crippen molar-refractivity contribution in [3.8, 4) is 17.2 Å². The molecule has 1 aromatic heterocycles. The number of ketones is 1. The number of anilines is 1. The molecule has 0 saturated carbocycles. The van der Waals surface area contributed by atoms with Gasteiger partial charge in [-0.2, -0.15) is 0 Å². The molecular formula is C30H26N2O6S. The first-order chi connectivity index (χ1) is 18.8. The van der Waals surface area contributed by atoms with Gasteiger partial charge < -0.3 is 19.3 Å². The summed E-state index contributed by atoms with van der Waals surface area (Å²) >= 11 is 1.32. The van der Waals surface area contributed by atoms with Crippen LogP contribution in [0.2, 0.25) is 0 Å². The first-order valence-electron chi connectivity index (χ1n) is 12.5. The Balaban J connectivity index is 1.55. The maximum absolute atomic E-state index is 13.6. The van der Waals surface area contributed by atoms with Crippen LogP contribution in [-0.4, -0.2) is 42.1 Å². The van der Waals surface area contributed by atoms with Crippen LogP contribution in [0.15, 0.2) is 60.2 Å². The standard InChI is InChI=1S/C30H26N2O6S/c1-15-5-8-20-24(11-15)39-30(31-20)32-26(17-6-10-22(36-3)23(14-17)37-4)25(28(34)29(32)35)27(33)18-7-9-21-19(13-18)12-16(2)38-21/h5-11,13-14,16,26,33H,12H2,1-4H3/t16-,26-/m1/s1. The number of Topliss-reactive ketones (excluding diaryl/α,β-unsaturated/α-hetero) is 1. The Bertz CT molecular complexity index is 1690. The summed E-state index contributed by atoms with van der Waals surface area (Å²) in [5.41, 5.74) is 3.71. The lowest BCUT2D eigenvalue weighted by molar-refractivity contribution is -0.132. The first-order valence-corrected chi connectivity index (χ1v) is 13.3. The molecule has 9 heteroatoms. The first kappa shape index (κ1) is 24.9. The summed E-state index contributed by atoms with van der Waals surface area (Å²) in [6, 6.07) is 15.4. The Kier molecular flexibility index (Phi) is 6.03. The van der Waals surface area contributed by atoms with Gasteiger partial charge in [-0.05, 0) is 73.0 Å². The second-order valence-corrected chi connectivity index (χ2v) is 10.7. The minimum absolute atomic E-state index is 0.0189. The Morgan fingerprint density at radius 1 is 1.05 bits per heavy atom. The molecular weight excluding hydrogens is 516 g/mol. The van der Waals surface area contributed by atoms with Crippen molar-refractivity contribution in [3.63, 3.8) is 0 Å². The fourth-order valence-corrected chi connectivity index (χ4v) is 6.31. The summed E-state index contributed by atoms with van der Waals surface area (Å²) in [7, 11) is 3.05. The molecule has 3 aromatic carbocycles. The number of aromatic nitrogens is 1. The molecule has 1 saturated heterocycles. The number of amides is 1. The predicted octanol–water partition coefficient (Wildman–Crippen LogP) is 5.57. The average Bonchev–Trinajstić information content (AvgIpc) is 3.59. The number of benzene rings is 3. The zero-order valence-electron chi connectivity index (χ0n) is 21.8. The maximum Gasteiger partial charge on any atom is 0.301 e. The molecule has 8 nitrogen and oxygen atoms in total. The van der Waals surface area contributed by atoms with Gasteiger partial charge in [-0.1, -0.05) is 23.5 Å². The van der Waals surface area contributed by atoms with Crippen molar-refractivity contribution < 1.29 is 28.9 Å². The Morgan fingerprint density at radius 2 is 1.85 bits per heavy atom. The number of aliphatic hydroxyl groups excluding tert-OH is 1. The lowest BCUT2D eigenvalue weighted by Gasteiger charge is -2.23. The van der Waals surface area contributed by atoms with E-state index in [-0.39, 0.29) is 17.4 Å². The van der Waals surface area contributed by atoms with E-state index in [0.29, 0.717) is 34.2 Å². The molecule has 2 aliphatic rings. The third-order valence-corrected chi connectivity index (χ3v) is 8.09. The van der Waals surface area contributed by atoms with E-state index in [1.807, 2.05) is 38.1 Å². The lowest BCUT2D eigenvalue weighted by atomic mass is 9.94. The topological polar surface area (TPSA) is 98.2 Å². The molecule has 1 amide bonds. The zero-order valence-corrected chi connectivity index (χ0v) is 22.7. The second kappa shape index (κ2) is 9.43. The summed E-state index contributed by atoms with van der Waals surface area (Å²) in [5, 5.41) is 11.9. The van der Waals surface area contributed by atoms with Crippen molar-refractivity contribution in [3.05, 3.63) is 82.4 Å². The van der Waals surface area contributed by atoms with Gasteiger partial charge >= 0.3 is 5.91 Å². The highest BCUT2D eigenvalue weighted by Gasteiger charge is 2.48. The van der Waals surface area contributed by atoms with E-state index in [1.54, 1.807) is 30.3 Å². The SMILES string of the molecule is COc1ccc([C@@H]2C(=C(O)c3ccc4c(c3)C[C@@H](C)O4)C(=O)C(=O)N2c2nc3ccc(C)cc3s2)cc1OC. The highest BCUT2D eigenvalue weighted by atomic mass is 32.1. The largest absolute Gasteiger partial charge is 0.507 e. The fraction of sp³-hybridized carbons (Fsp3) is 0.233. The number of aryl methyl sites for hydroxylation is 1. The number of carbonyl (C=O) groups is 2. The van der Waals surface area contributed by atoms with E-state index in [4.69, 9.17) is 14.2 Å². The number of nitrogens with zero attached hydrogens (tertiary/aromatic N) is 2. The minimum atomic E-state index is -0.935. The molecule has 0 unspecified atom stereocenters. The van der Waals surface area contributed by atoms with Gasteiger partial charge in [0.25, 0.3) is 5.78 Å². The van der Waals surface area contributed by atoms with E-state index in [1.165, 1.54) is 30.5 Å². The molecule has 1 fully saturated rings. The number of fused-ring (bicyclic) bond motifs is 2. The molecule has 198 valence electrons. The van der Waals surface area contributed by atoms with Crippen molar-refractivity contribution in [2.24, 2.45) is 0 Å². The number of rotatable bonds is 5. The quantitative estimate of drug-likeness (QED) is 0.200. The number of methoxy groups -OCH3 is 2. The Morgan fingerprint density at radius 3 is 2.62 bits per heavy atom.